The van der Waals surface area contributed by atoms with Crippen LogP contribution >= 0.6 is 0 Å². The first-order valence-electron chi connectivity index (χ1n) is 6.36. The van der Waals surface area contributed by atoms with Crippen molar-refractivity contribution in [3.05, 3.63) is 11.6 Å². The van der Waals surface area contributed by atoms with Crippen molar-refractivity contribution in [2.24, 2.45) is 5.92 Å². The topological polar surface area (TPSA) is 0 Å². The standard InChI is InChI=1S/C10H20.2C2H6/c1-5-7-10(4)8-9(3)6-2;2*1-2/h7,9H,5-6,8H2,1-4H3;2*1-2H3/b10-7-;;. The highest BCUT2D eigenvalue weighted by Gasteiger charge is 1.97. The molecule has 0 aliphatic rings. The van der Waals surface area contributed by atoms with Gasteiger partial charge in [-0.15, -0.1) is 0 Å². The highest BCUT2D eigenvalue weighted by Crippen LogP contribution is 2.13. The minimum absolute atomic E-state index is 0.864. The average Bonchev–Trinajstić information content (AvgIpc) is 2.24. The molecule has 0 rings (SSSR count). The van der Waals surface area contributed by atoms with Crippen LogP contribution in [0.25, 0.3) is 0 Å². The first-order chi connectivity index (χ1) is 6.70. The van der Waals surface area contributed by atoms with Gasteiger partial charge in [0.05, 0.1) is 0 Å². The van der Waals surface area contributed by atoms with E-state index in [1.54, 1.807) is 5.57 Å². The van der Waals surface area contributed by atoms with E-state index in [0.717, 1.165) is 5.92 Å². The number of allylic oxidation sites excluding steroid dienone is 2. The molecule has 0 aromatic rings. The summed E-state index contributed by atoms with van der Waals surface area (Å²) in [5.74, 6) is 0.864. The van der Waals surface area contributed by atoms with Gasteiger partial charge in [-0.1, -0.05) is 66.5 Å². The SMILES string of the molecule is CC.CC.CC/C=C(/C)CC(C)CC. The third-order valence-electron chi connectivity index (χ3n) is 1.92. The molecule has 0 saturated carbocycles. The Bertz CT molecular complexity index is 101. The van der Waals surface area contributed by atoms with E-state index in [1.165, 1.54) is 19.3 Å². The summed E-state index contributed by atoms with van der Waals surface area (Å²) in [5.41, 5.74) is 1.55. The molecule has 0 aliphatic carbocycles. The Morgan fingerprint density at radius 1 is 1.07 bits per heavy atom. The third kappa shape index (κ3) is 17.7. The number of rotatable bonds is 4. The maximum atomic E-state index is 2.33. The molecular formula is C14H32. The molecule has 0 heteroatoms. The largest absolute Gasteiger partial charge is 0.0859 e. The fourth-order valence-corrected chi connectivity index (χ4v) is 1.13. The van der Waals surface area contributed by atoms with Crippen LogP contribution in [0, 0.1) is 5.92 Å². The van der Waals surface area contributed by atoms with E-state index in [1.807, 2.05) is 27.7 Å². The van der Waals surface area contributed by atoms with Crippen molar-refractivity contribution >= 4 is 0 Å². The Balaban J connectivity index is -0.000000266. The van der Waals surface area contributed by atoms with E-state index >= 15 is 0 Å². The van der Waals surface area contributed by atoms with Crippen LogP contribution < -0.4 is 0 Å². The van der Waals surface area contributed by atoms with Crippen molar-refractivity contribution in [1.29, 1.82) is 0 Å². The summed E-state index contributed by atoms with van der Waals surface area (Å²) in [5, 5.41) is 0. The predicted octanol–water partition coefficient (Wildman–Crippen LogP) is 5.83. The van der Waals surface area contributed by atoms with Gasteiger partial charge in [0.2, 0.25) is 0 Å². The zero-order valence-corrected chi connectivity index (χ0v) is 11.8. The number of hydrogen-bond acceptors (Lipinski definition) is 0. The van der Waals surface area contributed by atoms with Crippen LogP contribution in [0.3, 0.4) is 0 Å². The van der Waals surface area contributed by atoms with Gasteiger partial charge in [-0.2, -0.15) is 0 Å². The Morgan fingerprint density at radius 3 is 1.79 bits per heavy atom. The van der Waals surface area contributed by atoms with E-state index < -0.39 is 0 Å². The zero-order chi connectivity index (χ0) is 12.0. The van der Waals surface area contributed by atoms with Crippen LogP contribution in [0.2, 0.25) is 0 Å². The molecule has 0 aromatic carbocycles. The smallest absolute Gasteiger partial charge is 0.0297 e. The lowest BCUT2D eigenvalue weighted by Gasteiger charge is -2.07. The quantitative estimate of drug-likeness (QED) is 0.501. The van der Waals surface area contributed by atoms with E-state index in [-0.39, 0.29) is 0 Å². The molecule has 0 amide bonds. The van der Waals surface area contributed by atoms with E-state index in [0.29, 0.717) is 0 Å². The predicted molar refractivity (Wildman–Crippen MR) is 70.8 cm³/mol. The average molecular weight is 200 g/mol. The molecule has 0 N–H and O–H groups in total. The van der Waals surface area contributed by atoms with Gasteiger partial charge in [-0.05, 0) is 25.7 Å². The summed E-state index contributed by atoms with van der Waals surface area (Å²) in [6.07, 6.45) is 6.09. The van der Waals surface area contributed by atoms with Crippen molar-refractivity contribution < 1.29 is 0 Å². The van der Waals surface area contributed by atoms with Gasteiger partial charge >= 0.3 is 0 Å². The third-order valence-corrected chi connectivity index (χ3v) is 1.92. The van der Waals surface area contributed by atoms with Gasteiger partial charge < -0.3 is 0 Å². The van der Waals surface area contributed by atoms with Crippen LogP contribution in [0.1, 0.15) is 74.7 Å². The van der Waals surface area contributed by atoms with E-state index in [4.69, 9.17) is 0 Å². The maximum absolute atomic E-state index is 2.33. The molecule has 1 unspecified atom stereocenters. The van der Waals surface area contributed by atoms with Gasteiger partial charge in [0.25, 0.3) is 0 Å². The highest BCUT2D eigenvalue weighted by atomic mass is 14.0. The van der Waals surface area contributed by atoms with E-state index in [2.05, 4.69) is 33.8 Å². The first-order valence-corrected chi connectivity index (χ1v) is 6.36. The van der Waals surface area contributed by atoms with Crippen molar-refractivity contribution in [3.63, 3.8) is 0 Å². The summed E-state index contributed by atoms with van der Waals surface area (Å²) >= 11 is 0. The lowest BCUT2D eigenvalue weighted by molar-refractivity contribution is 0.556. The van der Waals surface area contributed by atoms with Crippen LogP contribution in [-0.4, -0.2) is 0 Å². The molecule has 0 heterocycles. The Morgan fingerprint density at radius 2 is 1.50 bits per heavy atom. The molecule has 1 atom stereocenters. The van der Waals surface area contributed by atoms with Gasteiger partial charge in [0, 0.05) is 0 Å². The second kappa shape index (κ2) is 18.5. The molecular weight excluding hydrogens is 168 g/mol. The van der Waals surface area contributed by atoms with Gasteiger partial charge in [-0.25, -0.2) is 0 Å². The van der Waals surface area contributed by atoms with Gasteiger partial charge in [0.15, 0.2) is 0 Å². The lowest BCUT2D eigenvalue weighted by atomic mass is 9.99. The lowest BCUT2D eigenvalue weighted by Crippen LogP contribution is -1.92. The molecule has 0 aromatic heterocycles. The zero-order valence-electron chi connectivity index (χ0n) is 11.8. The Hall–Kier alpha value is -0.260. The van der Waals surface area contributed by atoms with Crippen molar-refractivity contribution in [2.75, 3.05) is 0 Å². The fourth-order valence-electron chi connectivity index (χ4n) is 1.13. The summed E-state index contributed by atoms with van der Waals surface area (Å²) in [4.78, 5) is 0. The molecule has 0 aliphatic heterocycles. The van der Waals surface area contributed by atoms with E-state index in [9.17, 15) is 0 Å². The molecule has 0 nitrogen and oxygen atoms in total. The monoisotopic (exact) mass is 200 g/mol. The second-order valence-corrected chi connectivity index (χ2v) is 3.18. The van der Waals surface area contributed by atoms with Crippen molar-refractivity contribution in [1.82, 2.24) is 0 Å². The minimum atomic E-state index is 0.864. The second-order valence-electron chi connectivity index (χ2n) is 3.18. The molecule has 88 valence electrons. The van der Waals surface area contributed by atoms with Gasteiger partial charge in [-0.3, -0.25) is 0 Å². The van der Waals surface area contributed by atoms with Crippen LogP contribution in [-0.2, 0) is 0 Å². The van der Waals surface area contributed by atoms with Crippen molar-refractivity contribution in [2.45, 2.75) is 74.7 Å². The summed E-state index contributed by atoms with van der Waals surface area (Å²) in [6.45, 7) is 17.0. The molecule has 0 spiro atoms. The Kier molecular flexibility index (Phi) is 25.6. The van der Waals surface area contributed by atoms with Crippen LogP contribution in [0.5, 0.6) is 0 Å². The molecule has 14 heavy (non-hydrogen) atoms. The summed E-state index contributed by atoms with van der Waals surface area (Å²) < 4.78 is 0. The number of hydrogen-bond donors (Lipinski definition) is 0. The molecule has 0 bridgehead atoms. The van der Waals surface area contributed by atoms with Crippen LogP contribution in [0.15, 0.2) is 11.6 Å². The van der Waals surface area contributed by atoms with Gasteiger partial charge in [0.1, 0.15) is 0 Å². The highest BCUT2D eigenvalue weighted by molar-refractivity contribution is 4.97. The maximum Gasteiger partial charge on any atom is -0.0297 e. The molecule has 0 radical (unpaired) electrons. The van der Waals surface area contributed by atoms with Crippen molar-refractivity contribution in [3.8, 4) is 0 Å². The normalized spacial score (nSPS) is 11.9. The van der Waals surface area contributed by atoms with Crippen LogP contribution in [0.4, 0.5) is 0 Å². The molecule has 0 saturated heterocycles. The summed E-state index contributed by atoms with van der Waals surface area (Å²) in [7, 11) is 0. The summed E-state index contributed by atoms with van der Waals surface area (Å²) in [6, 6.07) is 0. The Labute approximate surface area is 92.8 Å². The minimum Gasteiger partial charge on any atom is -0.0859 e. The fraction of sp³-hybridized carbons (Fsp3) is 0.857. The molecule has 0 fully saturated rings. The first kappa shape index (κ1) is 19.3.